The number of benzene rings is 1. The number of anilines is 1. The number of rotatable bonds is 6. The molecule has 0 atom stereocenters. The lowest BCUT2D eigenvalue weighted by atomic mass is 9.84. The molecular weight excluding hydrogens is 280 g/mol. The van der Waals surface area contributed by atoms with Crippen molar-refractivity contribution in [2.24, 2.45) is 0 Å². The molecule has 0 heterocycles. The summed E-state index contributed by atoms with van der Waals surface area (Å²) in [7, 11) is 0. The molecule has 0 spiro atoms. The first-order valence-electron chi connectivity index (χ1n) is 6.45. The van der Waals surface area contributed by atoms with Gasteiger partial charge in [-0.1, -0.05) is 24.1 Å². The van der Waals surface area contributed by atoms with Crippen LogP contribution in [0.5, 0.6) is 0 Å². The van der Waals surface area contributed by atoms with Crippen molar-refractivity contribution in [3.63, 3.8) is 0 Å². The number of carbonyl (C=O) groups excluding carboxylic acids is 1. The van der Waals surface area contributed by atoms with Gasteiger partial charge in [0, 0.05) is 22.0 Å². The Morgan fingerprint density at radius 2 is 2.26 bits per heavy atom. The largest absolute Gasteiger partial charge is 0.325 e. The molecule has 1 aromatic carbocycles. The van der Waals surface area contributed by atoms with Crippen LogP contribution in [0.1, 0.15) is 19.3 Å². The Hall–Kier alpha value is -0.710. The highest BCUT2D eigenvalue weighted by Gasteiger charge is 2.35. The van der Waals surface area contributed by atoms with Gasteiger partial charge < -0.3 is 10.6 Å². The second-order valence-electron chi connectivity index (χ2n) is 4.90. The molecule has 1 aliphatic carbocycles. The zero-order valence-electron chi connectivity index (χ0n) is 11.0. The summed E-state index contributed by atoms with van der Waals surface area (Å²) >= 11 is 7.77. The van der Waals surface area contributed by atoms with Gasteiger partial charge in [0.15, 0.2) is 0 Å². The van der Waals surface area contributed by atoms with Crippen LogP contribution in [0.2, 0.25) is 5.02 Å². The van der Waals surface area contributed by atoms with Crippen molar-refractivity contribution in [1.29, 1.82) is 0 Å². The molecule has 0 aliphatic heterocycles. The molecule has 0 unspecified atom stereocenters. The molecule has 0 aromatic heterocycles. The van der Waals surface area contributed by atoms with Crippen LogP contribution in [-0.4, -0.2) is 30.0 Å². The molecule has 5 heteroatoms. The molecule has 2 N–H and O–H groups in total. The lowest BCUT2D eigenvalue weighted by Gasteiger charge is -2.40. The molecule has 1 aromatic rings. The topological polar surface area (TPSA) is 41.1 Å². The van der Waals surface area contributed by atoms with E-state index >= 15 is 0 Å². The third-order valence-electron chi connectivity index (χ3n) is 3.54. The highest BCUT2D eigenvalue weighted by atomic mass is 35.5. The van der Waals surface area contributed by atoms with Crippen molar-refractivity contribution in [3.8, 4) is 0 Å². The summed E-state index contributed by atoms with van der Waals surface area (Å²) < 4.78 is 0.357. The number of amides is 1. The molecular formula is C14H19ClN2OS. The van der Waals surface area contributed by atoms with Crippen molar-refractivity contribution in [3.05, 3.63) is 29.3 Å². The third-order valence-corrected chi connectivity index (χ3v) is 5.19. The van der Waals surface area contributed by atoms with Crippen LogP contribution in [0.4, 0.5) is 5.69 Å². The number of hydrogen-bond donors (Lipinski definition) is 2. The van der Waals surface area contributed by atoms with E-state index in [0.717, 1.165) is 12.2 Å². The summed E-state index contributed by atoms with van der Waals surface area (Å²) in [5.74, 6) is -0.0298. The molecule has 1 saturated carbocycles. The van der Waals surface area contributed by atoms with Crippen LogP contribution in [0.3, 0.4) is 0 Å². The fraction of sp³-hybridized carbons (Fsp3) is 0.500. The lowest BCUT2D eigenvalue weighted by Crippen LogP contribution is -2.45. The van der Waals surface area contributed by atoms with Crippen molar-refractivity contribution in [2.45, 2.75) is 24.0 Å². The minimum absolute atomic E-state index is 0.0298. The van der Waals surface area contributed by atoms with E-state index in [4.69, 9.17) is 11.6 Å². The summed E-state index contributed by atoms with van der Waals surface area (Å²) in [5, 5.41) is 6.70. The quantitative estimate of drug-likeness (QED) is 0.848. The first-order valence-corrected chi connectivity index (χ1v) is 8.05. The van der Waals surface area contributed by atoms with E-state index < -0.39 is 0 Å². The van der Waals surface area contributed by atoms with Gasteiger partial charge in [0.2, 0.25) is 5.91 Å². The summed E-state index contributed by atoms with van der Waals surface area (Å²) in [5.41, 5.74) is 0.738. The smallest absolute Gasteiger partial charge is 0.238 e. The Bertz CT molecular complexity index is 443. The van der Waals surface area contributed by atoms with Crippen molar-refractivity contribution >= 4 is 35.0 Å². The van der Waals surface area contributed by atoms with Crippen LogP contribution in [0, 0.1) is 0 Å². The second kappa shape index (κ2) is 6.64. The van der Waals surface area contributed by atoms with Crippen LogP contribution >= 0.6 is 23.4 Å². The van der Waals surface area contributed by atoms with Gasteiger partial charge in [0.25, 0.3) is 0 Å². The third kappa shape index (κ3) is 4.13. The van der Waals surface area contributed by atoms with Crippen molar-refractivity contribution in [1.82, 2.24) is 5.32 Å². The molecule has 0 bridgehead atoms. The Kier molecular flexibility index (Phi) is 5.13. The van der Waals surface area contributed by atoms with Gasteiger partial charge >= 0.3 is 0 Å². The predicted octanol–water partition coefficient (Wildman–Crippen LogP) is 3.15. The zero-order valence-corrected chi connectivity index (χ0v) is 12.6. The van der Waals surface area contributed by atoms with E-state index in [1.54, 1.807) is 12.1 Å². The van der Waals surface area contributed by atoms with Crippen LogP contribution in [-0.2, 0) is 4.79 Å². The number of halogens is 1. The average Bonchev–Trinajstić information content (AvgIpc) is 2.32. The van der Waals surface area contributed by atoms with Crippen LogP contribution in [0.25, 0.3) is 0 Å². The van der Waals surface area contributed by atoms with Crippen LogP contribution in [0.15, 0.2) is 24.3 Å². The van der Waals surface area contributed by atoms with E-state index in [0.29, 0.717) is 16.3 Å². The summed E-state index contributed by atoms with van der Waals surface area (Å²) in [6.07, 6.45) is 5.94. The normalized spacial score (nSPS) is 16.7. The molecule has 1 fully saturated rings. The van der Waals surface area contributed by atoms with Gasteiger partial charge in [-0.15, -0.1) is 0 Å². The summed E-state index contributed by atoms with van der Waals surface area (Å²) in [4.78, 5) is 11.8. The van der Waals surface area contributed by atoms with Gasteiger partial charge in [0.05, 0.1) is 6.54 Å². The molecule has 0 radical (unpaired) electrons. The molecule has 1 amide bonds. The highest BCUT2D eigenvalue weighted by molar-refractivity contribution is 8.00. The Morgan fingerprint density at radius 1 is 1.47 bits per heavy atom. The lowest BCUT2D eigenvalue weighted by molar-refractivity contribution is -0.115. The average molecular weight is 299 g/mol. The summed E-state index contributed by atoms with van der Waals surface area (Å²) in [6.45, 7) is 1.24. The van der Waals surface area contributed by atoms with E-state index in [9.17, 15) is 4.79 Å². The molecule has 104 valence electrons. The fourth-order valence-electron chi connectivity index (χ4n) is 2.20. The van der Waals surface area contributed by atoms with Gasteiger partial charge in [-0.2, -0.15) is 11.8 Å². The van der Waals surface area contributed by atoms with Crippen molar-refractivity contribution in [2.75, 3.05) is 24.7 Å². The second-order valence-corrected chi connectivity index (χ2v) is 6.61. The van der Waals surface area contributed by atoms with Gasteiger partial charge in [-0.25, -0.2) is 0 Å². The Morgan fingerprint density at radius 3 is 2.84 bits per heavy atom. The first kappa shape index (κ1) is 14.7. The molecule has 1 aliphatic rings. The van der Waals surface area contributed by atoms with E-state index in [2.05, 4.69) is 16.9 Å². The minimum atomic E-state index is -0.0298. The monoisotopic (exact) mass is 298 g/mol. The number of nitrogens with one attached hydrogen (secondary N) is 2. The zero-order chi connectivity index (χ0) is 13.7. The maximum Gasteiger partial charge on any atom is 0.238 e. The molecule has 19 heavy (non-hydrogen) atoms. The Labute approximate surface area is 123 Å². The summed E-state index contributed by atoms with van der Waals surface area (Å²) in [6, 6.07) is 7.19. The van der Waals surface area contributed by atoms with Crippen molar-refractivity contribution < 1.29 is 4.79 Å². The standard InChI is InChI=1S/C14H19ClN2OS/c1-19-14(6-3-7-14)10-16-9-13(18)17-12-5-2-4-11(15)8-12/h2,4-5,8,16H,3,6-7,9-10H2,1H3,(H,17,18). The van der Waals surface area contributed by atoms with E-state index in [1.807, 2.05) is 23.9 Å². The fourth-order valence-corrected chi connectivity index (χ4v) is 3.33. The van der Waals surface area contributed by atoms with E-state index in [-0.39, 0.29) is 5.91 Å². The molecule has 3 nitrogen and oxygen atoms in total. The van der Waals surface area contributed by atoms with E-state index in [1.165, 1.54) is 19.3 Å². The van der Waals surface area contributed by atoms with Gasteiger partial charge in [0.1, 0.15) is 0 Å². The maximum absolute atomic E-state index is 11.8. The maximum atomic E-state index is 11.8. The van der Waals surface area contributed by atoms with Gasteiger partial charge in [-0.05, 0) is 37.3 Å². The molecule has 2 rings (SSSR count). The van der Waals surface area contributed by atoms with Gasteiger partial charge in [-0.3, -0.25) is 4.79 Å². The highest BCUT2D eigenvalue weighted by Crippen LogP contribution is 2.42. The first-order chi connectivity index (χ1) is 9.13. The minimum Gasteiger partial charge on any atom is -0.325 e. The van der Waals surface area contributed by atoms with Crippen LogP contribution < -0.4 is 10.6 Å². The Balaban J connectivity index is 1.73. The predicted molar refractivity (Wildman–Crippen MR) is 83.0 cm³/mol. The number of carbonyl (C=O) groups is 1. The SMILES string of the molecule is CSC1(CNCC(=O)Nc2cccc(Cl)c2)CCC1. The number of thioether (sulfide) groups is 1. The number of hydrogen-bond acceptors (Lipinski definition) is 3. The molecule has 0 saturated heterocycles.